The van der Waals surface area contributed by atoms with Crippen LogP contribution in [0.4, 0.5) is 0 Å². The third-order valence-electron chi connectivity index (χ3n) is 8.59. The predicted octanol–water partition coefficient (Wildman–Crippen LogP) is 11.5. The molecule has 3 heteroatoms. The van der Waals surface area contributed by atoms with Crippen molar-refractivity contribution in [2.24, 2.45) is 0 Å². The SMILES string of the molecule is c1ccc(-c2cc(-c3ccccc3)c3sc4ccc(-c5cccc(-n6c7ccccc7c7ccccc76)c5)cc4c3n2)cc1. The summed E-state index contributed by atoms with van der Waals surface area (Å²) in [6, 6.07) is 56.5. The molecule has 0 aliphatic rings. The van der Waals surface area contributed by atoms with Crippen LogP contribution in [0.25, 0.3) is 81.3 Å². The van der Waals surface area contributed by atoms with E-state index in [0.29, 0.717) is 0 Å². The van der Waals surface area contributed by atoms with Gasteiger partial charge in [-0.2, -0.15) is 0 Å². The number of hydrogen-bond acceptors (Lipinski definition) is 2. The molecule has 2 nitrogen and oxygen atoms in total. The molecule has 0 fully saturated rings. The van der Waals surface area contributed by atoms with Crippen molar-refractivity contribution >= 4 is 53.4 Å². The Labute approximate surface area is 259 Å². The zero-order valence-corrected chi connectivity index (χ0v) is 24.6. The zero-order valence-electron chi connectivity index (χ0n) is 23.8. The van der Waals surface area contributed by atoms with Gasteiger partial charge in [-0.05, 0) is 59.2 Å². The van der Waals surface area contributed by atoms with Crippen LogP contribution in [0.15, 0.2) is 158 Å². The van der Waals surface area contributed by atoms with Gasteiger partial charge >= 0.3 is 0 Å². The number of aromatic nitrogens is 2. The number of benzene rings is 6. The highest BCUT2D eigenvalue weighted by Crippen LogP contribution is 2.42. The van der Waals surface area contributed by atoms with Gasteiger partial charge in [0.2, 0.25) is 0 Å². The van der Waals surface area contributed by atoms with Crippen LogP contribution in [0, 0.1) is 0 Å². The first kappa shape index (κ1) is 25.0. The number of thiophene rings is 1. The van der Waals surface area contributed by atoms with Crippen molar-refractivity contribution in [3.63, 3.8) is 0 Å². The lowest BCUT2D eigenvalue weighted by atomic mass is 10.0. The van der Waals surface area contributed by atoms with E-state index in [4.69, 9.17) is 4.98 Å². The molecule has 0 unspecified atom stereocenters. The van der Waals surface area contributed by atoms with Crippen molar-refractivity contribution < 1.29 is 0 Å². The Bertz CT molecular complexity index is 2430. The second kappa shape index (κ2) is 10.0. The van der Waals surface area contributed by atoms with E-state index in [-0.39, 0.29) is 0 Å². The van der Waals surface area contributed by atoms with Gasteiger partial charge < -0.3 is 4.57 Å². The van der Waals surface area contributed by atoms with Gasteiger partial charge in [0.1, 0.15) is 0 Å². The molecule has 0 aliphatic carbocycles. The van der Waals surface area contributed by atoms with Gasteiger partial charge in [-0.1, -0.05) is 115 Å². The van der Waals surface area contributed by atoms with Crippen molar-refractivity contribution in [1.29, 1.82) is 0 Å². The summed E-state index contributed by atoms with van der Waals surface area (Å²) in [6.45, 7) is 0. The molecule has 0 atom stereocenters. The van der Waals surface area contributed by atoms with Crippen LogP contribution in [-0.4, -0.2) is 9.55 Å². The van der Waals surface area contributed by atoms with E-state index in [9.17, 15) is 0 Å². The van der Waals surface area contributed by atoms with Crippen LogP contribution < -0.4 is 0 Å². The average molecular weight is 579 g/mol. The van der Waals surface area contributed by atoms with Crippen LogP contribution in [0.3, 0.4) is 0 Å². The maximum atomic E-state index is 5.29. The van der Waals surface area contributed by atoms with Crippen molar-refractivity contribution in [3.05, 3.63) is 158 Å². The first-order chi connectivity index (χ1) is 21.8. The van der Waals surface area contributed by atoms with Crippen LogP contribution >= 0.6 is 11.3 Å². The van der Waals surface area contributed by atoms with E-state index in [1.54, 1.807) is 0 Å². The highest BCUT2D eigenvalue weighted by Gasteiger charge is 2.17. The number of para-hydroxylation sites is 2. The molecule has 0 amide bonds. The summed E-state index contributed by atoms with van der Waals surface area (Å²) in [6.07, 6.45) is 0. The Kier molecular flexibility index (Phi) is 5.71. The van der Waals surface area contributed by atoms with E-state index in [1.165, 1.54) is 58.8 Å². The molecule has 0 saturated heterocycles. The first-order valence-electron chi connectivity index (χ1n) is 14.9. The molecular formula is C41H26N2S. The van der Waals surface area contributed by atoms with E-state index in [2.05, 4.69) is 162 Å². The second-order valence-electron chi connectivity index (χ2n) is 11.2. The summed E-state index contributed by atoms with van der Waals surface area (Å²) in [7, 11) is 0. The number of hydrogen-bond donors (Lipinski definition) is 0. The topological polar surface area (TPSA) is 17.8 Å². The molecule has 9 rings (SSSR count). The van der Waals surface area contributed by atoms with Crippen LogP contribution in [-0.2, 0) is 0 Å². The summed E-state index contributed by atoms with van der Waals surface area (Å²) in [4.78, 5) is 5.29. The van der Waals surface area contributed by atoms with Gasteiger partial charge in [0.25, 0.3) is 0 Å². The maximum absolute atomic E-state index is 5.29. The Balaban J connectivity index is 1.25. The molecule has 9 aromatic rings. The Hall–Kier alpha value is -5.51. The fourth-order valence-corrected chi connectivity index (χ4v) is 7.69. The summed E-state index contributed by atoms with van der Waals surface area (Å²) in [5, 5.41) is 3.74. The molecular weight excluding hydrogens is 553 g/mol. The van der Waals surface area contributed by atoms with Gasteiger partial charge in [-0.3, -0.25) is 0 Å². The van der Waals surface area contributed by atoms with Crippen molar-refractivity contribution in [3.8, 4) is 39.2 Å². The quantitative estimate of drug-likeness (QED) is 0.203. The van der Waals surface area contributed by atoms with Gasteiger partial charge in [-0.15, -0.1) is 11.3 Å². The van der Waals surface area contributed by atoms with E-state index >= 15 is 0 Å². The largest absolute Gasteiger partial charge is 0.309 e. The van der Waals surface area contributed by atoms with E-state index in [1.807, 2.05) is 11.3 Å². The molecule has 0 aliphatic heterocycles. The summed E-state index contributed by atoms with van der Waals surface area (Å²) in [5.41, 5.74) is 11.6. The number of nitrogens with zero attached hydrogens (tertiary/aromatic N) is 2. The lowest BCUT2D eigenvalue weighted by molar-refractivity contribution is 1.18. The molecule has 6 aromatic carbocycles. The minimum Gasteiger partial charge on any atom is -0.309 e. The highest BCUT2D eigenvalue weighted by atomic mass is 32.1. The average Bonchev–Trinajstić information content (AvgIpc) is 3.64. The minimum absolute atomic E-state index is 0.996. The Morgan fingerprint density at radius 3 is 1.80 bits per heavy atom. The number of fused-ring (bicyclic) bond motifs is 6. The zero-order chi connectivity index (χ0) is 29.0. The third-order valence-corrected chi connectivity index (χ3v) is 9.79. The van der Waals surface area contributed by atoms with Crippen molar-refractivity contribution in [2.75, 3.05) is 0 Å². The Morgan fingerprint density at radius 1 is 0.455 bits per heavy atom. The molecule has 206 valence electrons. The lowest BCUT2D eigenvalue weighted by Gasteiger charge is -2.11. The number of rotatable bonds is 4. The summed E-state index contributed by atoms with van der Waals surface area (Å²) in [5.74, 6) is 0. The van der Waals surface area contributed by atoms with E-state index < -0.39 is 0 Å². The maximum Gasteiger partial charge on any atom is 0.0902 e. The molecule has 0 N–H and O–H groups in total. The predicted molar refractivity (Wildman–Crippen MR) is 188 cm³/mol. The second-order valence-corrected chi connectivity index (χ2v) is 12.3. The van der Waals surface area contributed by atoms with Crippen molar-refractivity contribution in [2.45, 2.75) is 0 Å². The lowest BCUT2D eigenvalue weighted by Crippen LogP contribution is -1.94. The molecule has 0 spiro atoms. The van der Waals surface area contributed by atoms with Gasteiger partial charge in [0.15, 0.2) is 0 Å². The summed E-state index contributed by atoms with van der Waals surface area (Å²) < 4.78 is 4.85. The van der Waals surface area contributed by atoms with Crippen molar-refractivity contribution in [1.82, 2.24) is 9.55 Å². The fourth-order valence-electron chi connectivity index (χ4n) is 6.53. The van der Waals surface area contributed by atoms with Gasteiger partial charge in [0.05, 0.1) is 26.9 Å². The first-order valence-corrected chi connectivity index (χ1v) is 15.7. The highest BCUT2D eigenvalue weighted by molar-refractivity contribution is 7.26. The van der Waals surface area contributed by atoms with Gasteiger partial charge in [-0.25, -0.2) is 4.98 Å². The molecule has 0 radical (unpaired) electrons. The van der Waals surface area contributed by atoms with E-state index in [0.717, 1.165) is 22.5 Å². The molecule has 44 heavy (non-hydrogen) atoms. The molecule has 3 aromatic heterocycles. The smallest absolute Gasteiger partial charge is 0.0902 e. The summed E-state index contributed by atoms with van der Waals surface area (Å²) >= 11 is 1.83. The van der Waals surface area contributed by atoms with Crippen LogP contribution in [0.2, 0.25) is 0 Å². The minimum atomic E-state index is 0.996. The van der Waals surface area contributed by atoms with Crippen LogP contribution in [0.1, 0.15) is 0 Å². The molecule has 3 heterocycles. The number of pyridine rings is 1. The van der Waals surface area contributed by atoms with Gasteiger partial charge in [0, 0.05) is 37.7 Å². The molecule has 0 saturated carbocycles. The molecule has 0 bridgehead atoms. The standard InChI is InChI=1S/C41H26N2S/c1-3-12-27(13-4-1)34-26-36(28-14-5-2-6-15-28)42-40-35-25-30(22-23-39(35)44-41(34)40)29-16-11-17-31(24-29)43-37-20-9-7-18-32(37)33-19-8-10-21-38(33)43/h1-26H. The van der Waals surface area contributed by atoms with Crippen LogP contribution in [0.5, 0.6) is 0 Å². The normalized spacial score (nSPS) is 11.6. The third kappa shape index (κ3) is 3.98. The monoisotopic (exact) mass is 578 g/mol. The Morgan fingerprint density at radius 2 is 1.07 bits per heavy atom. The fraction of sp³-hybridized carbons (Fsp3) is 0.